The van der Waals surface area contributed by atoms with Crippen molar-refractivity contribution in [1.82, 2.24) is 9.88 Å². The van der Waals surface area contributed by atoms with Crippen molar-refractivity contribution in [2.45, 2.75) is 33.2 Å². The summed E-state index contributed by atoms with van der Waals surface area (Å²) in [4.78, 5) is 20.9. The zero-order valence-corrected chi connectivity index (χ0v) is 16.7. The van der Waals surface area contributed by atoms with Crippen molar-refractivity contribution in [1.29, 1.82) is 0 Å². The SMILES string of the molecule is CC(=O)N(c1ccc(Cl)c(Cl)c1)c1nc(CN2CCC(C)CC2)cs1. The molecular formula is C18H21Cl2N3OS. The number of carbonyl (C=O) groups is 1. The molecule has 0 N–H and O–H groups in total. The normalized spacial score (nSPS) is 16.2. The Balaban J connectivity index is 1.78. The van der Waals surface area contributed by atoms with Crippen LogP contribution >= 0.6 is 34.5 Å². The van der Waals surface area contributed by atoms with Crippen molar-refractivity contribution in [3.63, 3.8) is 0 Å². The Morgan fingerprint density at radius 2 is 2.04 bits per heavy atom. The van der Waals surface area contributed by atoms with Gasteiger partial charge in [0.1, 0.15) is 0 Å². The van der Waals surface area contributed by atoms with E-state index in [0.717, 1.165) is 31.2 Å². The molecule has 3 rings (SSSR count). The summed E-state index contributed by atoms with van der Waals surface area (Å²) in [6, 6.07) is 5.17. The van der Waals surface area contributed by atoms with E-state index < -0.39 is 0 Å². The summed E-state index contributed by atoms with van der Waals surface area (Å²) in [6.45, 7) is 6.88. The molecule has 1 amide bonds. The van der Waals surface area contributed by atoms with Gasteiger partial charge < -0.3 is 0 Å². The lowest BCUT2D eigenvalue weighted by Crippen LogP contribution is -2.32. The average molecular weight is 398 g/mol. The summed E-state index contributed by atoms with van der Waals surface area (Å²) in [6.07, 6.45) is 2.47. The van der Waals surface area contributed by atoms with Gasteiger partial charge in [0.2, 0.25) is 5.91 Å². The predicted octanol–water partition coefficient (Wildman–Crippen LogP) is 5.37. The van der Waals surface area contributed by atoms with E-state index in [0.29, 0.717) is 20.9 Å². The smallest absolute Gasteiger partial charge is 0.230 e. The summed E-state index contributed by atoms with van der Waals surface area (Å²) >= 11 is 13.6. The summed E-state index contributed by atoms with van der Waals surface area (Å²) in [5.41, 5.74) is 1.68. The Bertz CT molecular complexity index is 757. The molecule has 1 aliphatic heterocycles. The van der Waals surface area contributed by atoms with E-state index >= 15 is 0 Å². The standard InChI is InChI=1S/C18H21Cl2N3OS/c1-12-5-7-22(8-6-12)10-14-11-25-18(21-14)23(13(2)24)15-3-4-16(19)17(20)9-15/h3-4,9,11-12H,5-8,10H2,1-2H3. The van der Waals surface area contributed by atoms with Crippen molar-refractivity contribution in [3.05, 3.63) is 39.3 Å². The number of hydrogen-bond acceptors (Lipinski definition) is 4. The maximum atomic E-state index is 12.2. The second-order valence-corrected chi connectivity index (χ2v) is 8.18. The number of anilines is 2. The van der Waals surface area contributed by atoms with E-state index in [1.807, 2.05) is 5.38 Å². The average Bonchev–Trinajstić information content (AvgIpc) is 3.01. The lowest BCUT2D eigenvalue weighted by Gasteiger charge is -2.29. The maximum Gasteiger partial charge on any atom is 0.230 e. The number of aromatic nitrogens is 1. The van der Waals surface area contributed by atoms with Crippen LogP contribution in [0.25, 0.3) is 0 Å². The van der Waals surface area contributed by atoms with Crippen LogP contribution in [0, 0.1) is 5.92 Å². The molecule has 2 aromatic rings. The van der Waals surface area contributed by atoms with Crippen LogP contribution in [0.3, 0.4) is 0 Å². The third kappa shape index (κ3) is 4.53. The quantitative estimate of drug-likeness (QED) is 0.695. The van der Waals surface area contributed by atoms with Crippen LogP contribution in [0.15, 0.2) is 23.6 Å². The fourth-order valence-corrected chi connectivity index (χ4v) is 4.14. The molecule has 0 saturated carbocycles. The van der Waals surface area contributed by atoms with Crippen LogP contribution in [-0.4, -0.2) is 28.9 Å². The van der Waals surface area contributed by atoms with Gasteiger partial charge in [-0.25, -0.2) is 4.98 Å². The first-order valence-corrected chi connectivity index (χ1v) is 10.00. The zero-order valence-electron chi connectivity index (χ0n) is 14.3. The van der Waals surface area contributed by atoms with Gasteiger partial charge in [0.15, 0.2) is 5.13 Å². The largest absolute Gasteiger partial charge is 0.297 e. The van der Waals surface area contributed by atoms with Crippen LogP contribution in [0.5, 0.6) is 0 Å². The summed E-state index contributed by atoms with van der Waals surface area (Å²) in [5, 5.41) is 3.57. The second-order valence-electron chi connectivity index (χ2n) is 6.53. The molecule has 1 aromatic heterocycles. The molecule has 25 heavy (non-hydrogen) atoms. The van der Waals surface area contributed by atoms with Crippen LogP contribution in [0.2, 0.25) is 10.0 Å². The Morgan fingerprint density at radius 3 is 2.68 bits per heavy atom. The lowest BCUT2D eigenvalue weighted by atomic mass is 9.99. The molecule has 1 aliphatic rings. The first-order valence-electron chi connectivity index (χ1n) is 8.36. The first kappa shape index (κ1) is 18.6. The van der Waals surface area contributed by atoms with Gasteiger partial charge in [-0.1, -0.05) is 30.1 Å². The highest BCUT2D eigenvalue weighted by Crippen LogP contribution is 2.33. The number of amides is 1. The van der Waals surface area contributed by atoms with Crippen LogP contribution in [-0.2, 0) is 11.3 Å². The second kappa shape index (κ2) is 8.04. The fraction of sp³-hybridized carbons (Fsp3) is 0.444. The van der Waals surface area contributed by atoms with Gasteiger partial charge in [0, 0.05) is 18.8 Å². The summed E-state index contributed by atoms with van der Waals surface area (Å²) in [5.74, 6) is 0.705. The van der Waals surface area contributed by atoms with Crippen LogP contribution in [0.1, 0.15) is 32.4 Å². The molecule has 0 spiro atoms. The molecule has 7 heteroatoms. The molecule has 1 saturated heterocycles. The van der Waals surface area contributed by atoms with Crippen LogP contribution in [0.4, 0.5) is 10.8 Å². The molecule has 1 aromatic carbocycles. The summed E-state index contributed by atoms with van der Waals surface area (Å²) in [7, 11) is 0. The molecule has 1 fully saturated rings. The summed E-state index contributed by atoms with van der Waals surface area (Å²) < 4.78 is 0. The van der Waals surface area contributed by atoms with Gasteiger partial charge in [-0.05, 0) is 50.0 Å². The Hall–Kier alpha value is -1.14. The minimum atomic E-state index is -0.105. The number of halogens is 2. The number of nitrogens with zero attached hydrogens (tertiary/aromatic N) is 3. The van der Waals surface area contributed by atoms with Gasteiger partial charge in [-0.3, -0.25) is 14.6 Å². The van der Waals surface area contributed by atoms with Gasteiger partial charge in [0.05, 0.1) is 21.4 Å². The Morgan fingerprint density at radius 1 is 1.32 bits per heavy atom. The highest BCUT2D eigenvalue weighted by Gasteiger charge is 2.21. The predicted molar refractivity (Wildman–Crippen MR) is 105 cm³/mol. The lowest BCUT2D eigenvalue weighted by molar-refractivity contribution is -0.115. The van der Waals surface area contributed by atoms with Gasteiger partial charge in [-0.15, -0.1) is 11.3 Å². The highest BCUT2D eigenvalue weighted by atomic mass is 35.5. The number of thiazole rings is 1. The third-order valence-electron chi connectivity index (χ3n) is 4.47. The minimum Gasteiger partial charge on any atom is -0.297 e. The van der Waals surface area contributed by atoms with E-state index in [2.05, 4.69) is 16.8 Å². The molecular weight excluding hydrogens is 377 g/mol. The van der Waals surface area contributed by atoms with Gasteiger partial charge in [-0.2, -0.15) is 0 Å². The molecule has 0 unspecified atom stereocenters. The minimum absolute atomic E-state index is 0.105. The number of benzene rings is 1. The van der Waals surface area contributed by atoms with Crippen molar-refractivity contribution in [2.75, 3.05) is 18.0 Å². The molecule has 0 atom stereocenters. The van der Waals surface area contributed by atoms with Crippen molar-refractivity contribution in [2.24, 2.45) is 5.92 Å². The molecule has 0 radical (unpaired) electrons. The number of carbonyl (C=O) groups excluding carboxylic acids is 1. The monoisotopic (exact) mass is 397 g/mol. The molecule has 0 bridgehead atoms. The van der Waals surface area contributed by atoms with E-state index in [1.165, 1.54) is 31.1 Å². The van der Waals surface area contributed by atoms with E-state index in [-0.39, 0.29) is 5.91 Å². The van der Waals surface area contributed by atoms with Crippen LogP contribution < -0.4 is 4.90 Å². The zero-order chi connectivity index (χ0) is 18.0. The Labute approximate surface area is 162 Å². The van der Waals surface area contributed by atoms with E-state index in [1.54, 1.807) is 23.1 Å². The molecule has 0 aliphatic carbocycles. The highest BCUT2D eigenvalue weighted by molar-refractivity contribution is 7.14. The fourth-order valence-electron chi connectivity index (χ4n) is 2.97. The first-order chi connectivity index (χ1) is 11.9. The van der Waals surface area contributed by atoms with E-state index in [9.17, 15) is 4.79 Å². The Kier molecular flexibility index (Phi) is 6.00. The van der Waals surface area contributed by atoms with Gasteiger partial charge >= 0.3 is 0 Å². The van der Waals surface area contributed by atoms with E-state index in [4.69, 9.17) is 23.2 Å². The van der Waals surface area contributed by atoms with Crippen molar-refractivity contribution in [3.8, 4) is 0 Å². The number of likely N-dealkylation sites (tertiary alicyclic amines) is 1. The van der Waals surface area contributed by atoms with Gasteiger partial charge in [0.25, 0.3) is 0 Å². The molecule has 2 heterocycles. The number of piperidine rings is 1. The van der Waals surface area contributed by atoms with Crippen molar-refractivity contribution < 1.29 is 4.79 Å². The van der Waals surface area contributed by atoms with Crippen molar-refractivity contribution >= 4 is 51.3 Å². The number of hydrogen-bond donors (Lipinski definition) is 0. The number of rotatable bonds is 4. The topological polar surface area (TPSA) is 36.4 Å². The third-order valence-corrected chi connectivity index (χ3v) is 6.08. The molecule has 4 nitrogen and oxygen atoms in total. The maximum absolute atomic E-state index is 12.2. The molecule has 134 valence electrons.